The second kappa shape index (κ2) is 17.8. The third-order valence-electron chi connectivity index (χ3n) is 9.00. The molecule has 0 aromatic heterocycles. The van der Waals surface area contributed by atoms with E-state index in [1.807, 2.05) is 0 Å². The van der Waals surface area contributed by atoms with E-state index in [-0.39, 0.29) is 46.3 Å². The monoisotopic (exact) mass is 678 g/mol. The molecule has 0 saturated carbocycles. The number of alkyl carbamates (subject to hydrolysis) is 2. The van der Waals surface area contributed by atoms with Crippen LogP contribution in [0.2, 0.25) is 0 Å². The number of likely N-dealkylation sites (tertiary alicyclic amines) is 2. The Hall–Kier alpha value is -3.44. The molecule has 2 saturated heterocycles. The highest BCUT2D eigenvalue weighted by Crippen LogP contribution is 2.41. The average molecular weight is 679 g/mol. The molecule has 12 heteroatoms. The quantitative estimate of drug-likeness (QED) is 0.0893. The fourth-order valence-electron chi connectivity index (χ4n) is 7.40. The summed E-state index contributed by atoms with van der Waals surface area (Å²) >= 11 is 0. The molecule has 0 unspecified atom stereocenters. The molecule has 2 N–H and O–H groups in total. The van der Waals surface area contributed by atoms with Crippen molar-refractivity contribution in [1.29, 1.82) is 0 Å². The van der Waals surface area contributed by atoms with E-state index in [1.165, 1.54) is 12.2 Å². The fourth-order valence-corrected chi connectivity index (χ4v) is 7.40. The van der Waals surface area contributed by atoms with Crippen molar-refractivity contribution < 1.29 is 38.1 Å². The molecule has 274 valence electrons. The van der Waals surface area contributed by atoms with E-state index in [4.69, 9.17) is 18.9 Å². The standard InChI is InChI=1S/C36H62N4O8/c1-11-45-29(41)17-21-39-33(3,4)23-27(24-34(39,5)6)47-31(43)37-19-15-13-14-16-20-38-32(44)48-28-25-35(7,8)40(36(9,10)26-28)22-18-30(42)46-12-2/h17-18,21-22,27-28H,11-16,19-20,23-26H2,1-10H3,(H,37,43)(H,38,44). The van der Waals surface area contributed by atoms with Gasteiger partial charge in [0.2, 0.25) is 0 Å². The van der Waals surface area contributed by atoms with Crippen LogP contribution in [0.3, 0.4) is 0 Å². The number of rotatable bonds is 15. The van der Waals surface area contributed by atoms with E-state index in [0.29, 0.717) is 52.0 Å². The van der Waals surface area contributed by atoms with Crippen molar-refractivity contribution in [3.05, 3.63) is 24.6 Å². The van der Waals surface area contributed by atoms with Gasteiger partial charge in [-0.05, 0) is 82.1 Å². The molecular weight excluding hydrogens is 616 g/mol. The summed E-state index contributed by atoms with van der Waals surface area (Å²) in [7, 11) is 0. The Morgan fingerprint density at radius 2 is 0.896 bits per heavy atom. The highest BCUT2D eigenvalue weighted by atomic mass is 16.6. The van der Waals surface area contributed by atoms with Crippen molar-refractivity contribution >= 4 is 24.1 Å². The minimum Gasteiger partial charge on any atom is -0.463 e. The third kappa shape index (κ3) is 12.9. The van der Waals surface area contributed by atoms with Crippen molar-refractivity contribution in [3.8, 4) is 0 Å². The van der Waals surface area contributed by atoms with Crippen LogP contribution < -0.4 is 10.6 Å². The van der Waals surface area contributed by atoms with E-state index >= 15 is 0 Å². The van der Waals surface area contributed by atoms with Crippen molar-refractivity contribution in [1.82, 2.24) is 20.4 Å². The predicted molar refractivity (Wildman–Crippen MR) is 185 cm³/mol. The van der Waals surface area contributed by atoms with E-state index in [0.717, 1.165) is 25.7 Å². The Morgan fingerprint density at radius 1 is 0.583 bits per heavy atom. The number of nitrogens with one attached hydrogen (secondary N) is 2. The van der Waals surface area contributed by atoms with Gasteiger partial charge in [-0.2, -0.15) is 0 Å². The maximum Gasteiger partial charge on any atom is 0.407 e. The molecule has 12 nitrogen and oxygen atoms in total. The van der Waals surface area contributed by atoms with Crippen LogP contribution in [0.25, 0.3) is 0 Å². The molecule has 0 aliphatic carbocycles. The van der Waals surface area contributed by atoms with Gasteiger partial charge in [-0.3, -0.25) is 0 Å². The smallest absolute Gasteiger partial charge is 0.407 e. The Labute approximate surface area is 288 Å². The van der Waals surface area contributed by atoms with Gasteiger partial charge in [-0.25, -0.2) is 19.2 Å². The molecule has 0 spiro atoms. The lowest BCUT2D eigenvalue weighted by atomic mass is 9.78. The van der Waals surface area contributed by atoms with Gasteiger partial charge >= 0.3 is 24.1 Å². The predicted octanol–water partition coefficient (Wildman–Crippen LogP) is 6.20. The highest BCUT2D eigenvalue weighted by molar-refractivity contribution is 5.82. The van der Waals surface area contributed by atoms with E-state index in [9.17, 15) is 19.2 Å². The first-order chi connectivity index (χ1) is 22.3. The maximum atomic E-state index is 12.5. The van der Waals surface area contributed by atoms with Gasteiger partial charge in [0, 0.05) is 85.5 Å². The Bertz CT molecular complexity index is 1020. The zero-order chi connectivity index (χ0) is 36.2. The lowest BCUT2D eigenvalue weighted by Crippen LogP contribution is -2.60. The average Bonchev–Trinajstić information content (AvgIpc) is 2.92. The van der Waals surface area contributed by atoms with Crippen LogP contribution in [0, 0.1) is 0 Å². The first kappa shape index (κ1) is 40.7. The minimum atomic E-state index is -0.418. The maximum absolute atomic E-state index is 12.5. The van der Waals surface area contributed by atoms with Gasteiger partial charge in [-0.15, -0.1) is 0 Å². The van der Waals surface area contributed by atoms with Gasteiger partial charge in [-0.1, -0.05) is 12.8 Å². The molecule has 0 radical (unpaired) electrons. The lowest BCUT2D eigenvalue weighted by molar-refractivity contribution is -0.138. The van der Waals surface area contributed by atoms with Crippen molar-refractivity contribution in [2.75, 3.05) is 26.3 Å². The number of carbonyl (C=O) groups is 4. The summed E-state index contributed by atoms with van der Waals surface area (Å²) in [6, 6.07) is 0. The molecule has 2 rings (SSSR count). The third-order valence-corrected chi connectivity index (χ3v) is 9.00. The van der Waals surface area contributed by atoms with Crippen molar-refractivity contribution in [2.24, 2.45) is 0 Å². The molecule has 0 bridgehead atoms. The van der Waals surface area contributed by atoms with Gasteiger partial charge in [0.1, 0.15) is 12.2 Å². The summed E-state index contributed by atoms with van der Waals surface area (Å²) in [6.07, 6.45) is 11.1. The number of unbranched alkanes of at least 4 members (excludes halogenated alkanes) is 3. The molecule has 0 aromatic carbocycles. The number of piperidine rings is 2. The Morgan fingerprint density at radius 3 is 1.19 bits per heavy atom. The number of carbonyl (C=O) groups excluding carboxylic acids is 4. The van der Waals surface area contributed by atoms with Crippen LogP contribution >= 0.6 is 0 Å². The SMILES string of the molecule is CCOC(=O)C=CN1C(C)(C)CC(OC(=O)NCCCCCCNC(=O)OC2CC(C)(C)N(C=CC(=O)OCC)C(C)(C)C2)CC1(C)C. The minimum absolute atomic E-state index is 0.245. The van der Waals surface area contributed by atoms with Gasteiger partial charge in [0.15, 0.2) is 0 Å². The number of hydrogen-bond donors (Lipinski definition) is 2. The first-order valence-corrected chi connectivity index (χ1v) is 17.5. The number of nitrogens with zero attached hydrogens (tertiary/aromatic N) is 2. The van der Waals surface area contributed by atoms with Gasteiger partial charge < -0.3 is 39.4 Å². The number of amides is 2. The lowest BCUT2D eigenvalue weighted by Gasteiger charge is -2.54. The molecule has 2 aliphatic heterocycles. The van der Waals surface area contributed by atoms with Crippen LogP contribution in [-0.4, -0.2) is 94.6 Å². The second-order valence-corrected chi connectivity index (χ2v) is 15.3. The molecule has 0 aromatic rings. The summed E-state index contributed by atoms with van der Waals surface area (Å²) in [5, 5.41) is 5.74. The molecule has 48 heavy (non-hydrogen) atoms. The summed E-state index contributed by atoms with van der Waals surface area (Å²) in [5.41, 5.74) is -1.31. The number of ether oxygens (including phenoxy) is 4. The molecule has 2 aliphatic rings. The molecular formula is C36H62N4O8. The Kier molecular flexibility index (Phi) is 15.1. The topological polar surface area (TPSA) is 136 Å². The highest BCUT2D eigenvalue weighted by Gasteiger charge is 2.46. The molecule has 2 fully saturated rings. The van der Waals surface area contributed by atoms with E-state index in [2.05, 4.69) is 75.8 Å². The van der Waals surface area contributed by atoms with Gasteiger partial charge in [0.25, 0.3) is 0 Å². The first-order valence-electron chi connectivity index (χ1n) is 17.5. The van der Waals surface area contributed by atoms with Crippen LogP contribution in [0.4, 0.5) is 9.59 Å². The van der Waals surface area contributed by atoms with E-state index < -0.39 is 12.2 Å². The zero-order valence-electron chi connectivity index (χ0n) is 31.1. The molecule has 2 heterocycles. The fraction of sp³-hybridized carbons (Fsp3) is 0.778. The second-order valence-electron chi connectivity index (χ2n) is 15.3. The van der Waals surface area contributed by atoms with Crippen LogP contribution in [-0.2, 0) is 28.5 Å². The molecule has 0 atom stereocenters. The van der Waals surface area contributed by atoms with Gasteiger partial charge in [0.05, 0.1) is 13.2 Å². The number of esters is 2. The Balaban J connectivity index is 1.65. The zero-order valence-corrected chi connectivity index (χ0v) is 31.1. The van der Waals surface area contributed by atoms with Crippen LogP contribution in [0.1, 0.15) is 121 Å². The largest absolute Gasteiger partial charge is 0.463 e. The summed E-state index contributed by atoms with van der Waals surface area (Å²) in [4.78, 5) is 53.1. The van der Waals surface area contributed by atoms with Crippen LogP contribution in [0.5, 0.6) is 0 Å². The summed E-state index contributed by atoms with van der Waals surface area (Å²) < 4.78 is 21.6. The normalized spacial score (nSPS) is 20.4. The summed E-state index contributed by atoms with van der Waals surface area (Å²) in [6.45, 7) is 21.8. The van der Waals surface area contributed by atoms with Crippen molar-refractivity contribution in [3.63, 3.8) is 0 Å². The van der Waals surface area contributed by atoms with Crippen molar-refractivity contribution in [2.45, 2.75) is 155 Å². The molecule has 2 amide bonds. The van der Waals surface area contributed by atoms with Crippen LogP contribution in [0.15, 0.2) is 24.6 Å². The van der Waals surface area contributed by atoms with E-state index in [1.54, 1.807) is 26.2 Å². The number of hydrogen-bond acceptors (Lipinski definition) is 10. The summed E-state index contributed by atoms with van der Waals surface area (Å²) in [5.74, 6) is -0.749.